The molecule has 0 aliphatic carbocycles. The fourth-order valence-electron chi connectivity index (χ4n) is 2.79. The first kappa shape index (κ1) is 18.6. The van der Waals surface area contributed by atoms with Gasteiger partial charge < -0.3 is 19.7 Å². The second-order valence-electron chi connectivity index (χ2n) is 6.18. The molecule has 2 amide bonds. The molecule has 1 unspecified atom stereocenters. The van der Waals surface area contributed by atoms with E-state index in [9.17, 15) is 18.0 Å². The van der Waals surface area contributed by atoms with Crippen LogP contribution in [0.4, 0.5) is 5.69 Å². The van der Waals surface area contributed by atoms with Gasteiger partial charge in [-0.3, -0.25) is 9.59 Å². The Labute approximate surface area is 151 Å². The van der Waals surface area contributed by atoms with E-state index in [2.05, 4.69) is 10.0 Å². The van der Waals surface area contributed by atoms with Crippen molar-refractivity contribution >= 4 is 27.5 Å². The Kier molecular flexibility index (Phi) is 5.17. The van der Waals surface area contributed by atoms with Crippen molar-refractivity contribution in [2.75, 3.05) is 38.2 Å². The summed E-state index contributed by atoms with van der Waals surface area (Å²) in [7, 11) is -3.91. The minimum atomic E-state index is -3.91. The first-order valence-corrected chi connectivity index (χ1v) is 9.73. The summed E-state index contributed by atoms with van der Waals surface area (Å²) in [5, 5.41) is 2.67. The lowest BCUT2D eigenvalue weighted by Crippen LogP contribution is -2.45. The van der Waals surface area contributed by atoms with Crippen molar-refractivity contribution in [2.45, 2.75) is 24.8 Å². The van der Waals surface area contributed by atoms with Gasteiger partial charge in [-0.2, -0.15) is 0 Å². The first-order valence-electron chi connectivity index (χ1n) is 8.25. The van der Waals surface area contributed by atoms with Gasteiger partial charge in [0.1, 0.15) is 5.75 Å². The minimum absolute atomic E-state index is 0.00868. The van der Waals surface area contributed by atoms with Gasteiger partial charge in [0.15, 0.2) is 6.10 Å². The Bertz CT molecular complexity index is 833. The normalized spacial score (nSPS) is 20.2. The van der Waals surface area contributed by atoms with Crippen LogP contribution in [0.3, 0.4) is 0 Å². The van der Waals surface area contributed by atoms with E-state index in [-0.39, 0.29) is 29.0 Å². The Hall–Kier alpha value is -2.17. The van der Waals surface area contributed by atoms with Crippen molar-refractivity contribution in [3.8, 4) is 5.75 Å². The highest BCUT2D eigenvalue weighted by atomic mass is 32.2. The number of ether oxygens (including phenoxy) is 2. The summed E-state index contributed by atoms with van der Waals surface area (Å²) in [6, 6.07) is 2.90. The molecule has 0 spiro atoms. The van der Waals surface area contributed by atoms with Crippen molar-refractivity contribution in [2.24, 2.45) is 0 Å². The smallest absolute Gasteiger partial charge is 0.265 e. The van der Waals surface area contributed by atoms with Gasteiger partial charge in [-0.1, -0.05) is 0 Å². The summed E-state index contributed by atoms with van der Waals surface area (Å²) in [6.07, 6.45) is -0.711. The highest BCUT2D eigenvalue weighted by Gasteiger charge is 2.28. The van der Waals surface area contributed by atoms with Gasteiger partial charge in [-0.05, 0) is 25.5 Å². The van der Waals surface area contributed by atoms with E-state index >= 15 is 0 Å². The SMILES string of the molecule is Cc1cc2c(cc1S(=O)(=O)NCC(=O)N1CCOCC1)OC(C)C(=O)N2. The maximum Gasteiger partial charge on any atom is 0.265 e. The van der Waals surface area contributed by atoms with Gasteiger partial charge in [0.2, 0.25) is 15.9 Å². The number of nitrogens with zero attached hydrogens (tertiary/aromatic N) is 1. The zero-order valence-corrected chi connectivity index (χ0v) is 15.4. The van der Waals surface area contributed by atoms with Gasteiger partial charge in [0.25, 0.3) is 5.91 Å². The molecule has 2 aliphatic rings. The standard InChI is InChI=1S/C16H21N3O6S/c1-10-7-12-13(25-11(2)16(21)18-12)8-14(10)26(22,23)17-9-15(20)19-3-5-24-6-4-19/h7-8,11,17H,3-6,9H2,1-2H3,(H,18,21). The van der Waals surface area contributed by atoms with Gasteiger partial charge in [-0.15, -0.1) is 0 Å². The summed E-state index contributed by atoms with van der Waals surface area (Å²) in [5.74, 6) is -0.311. The zero-order valence-electron chi connectivity index (χ0n) is 14.6. The number of hydrogen-bond acceptors (Lipinski definition) is 6. The van der Waals surface area contributed by atoms with Crippen LogP contribution in [0.15, 0.2) is 17.0 Å². The molecule has 1 atom stereocenters. The topological polar surface area (TPSA) is 114 Å². The van der Waals surface area contributed by atoms with Crippen molar-refractivity contribution in [1.82, 2.24) is 9.62 Å². The van der Waals surface area contributed by atoms with E-state index in [1.807, 2.05) is 0 Å². The molecule has 1 saturated heterocycles. The number of sulfonamides is 1. The molecule has 1 aromatic rings. The lowest BCUT2D eigenvalue weighted by molar-refractivity contribution is -0.133. The highest BCUT2D eigenvalue weighted by molar-refractivity contribution is 7.89. The molecular weight excluding hydrogens is 362 g/mol. The van der Waals surface area contributed by atoms with Crippen LogP contribution in [0.5, 0.6) is 5.75 Å². The molecule has 1 fully saturated rings. The molecular formula is C16H21N3O6S. The molecule has 1 aromatic carbocycles. The number of amides is 2. The van der Waals surface area contributed by atoms with E-state index in [0.29, 0.717) is 37.6 Å². The van der Waals surface area contributed by atoms with E-state index < -0.39 is 16.1 Å². The molecule has 0 bridgehead atoms. The van der Waals surface area contributed by atoms with Gasteiger partial charge in [0.05, 0.1) is 30.3 Å². The predicted octanol–water partition coefficient (Wildman–Crippen LogP) is -0.148. The predicted molar refractivity (Wildman–Crippen MR) is 92.5 cm³/mol. The molecule has 2 N–H and O–H groups in total. The molecule has 0 aromatic heterocycles. The first-order chi connectivity index (χ1) is 12.3. The number of nitrogens with one attached hydrogen (secondary N) is 2. The molecule has 10 heteroatoms. The van der Waals surface area contributed by atoms with Crippen molar-refractivity contribution < 1.29 is 27.5 Å². The summed E-state index contributed by atoms with van der Waals surface area (Å²) in [6.45, 7) is 4.66. The summed E-state index contributed by atoms with van der Waals surface area (Å²) < 4.78 is 38.2. The van der Waals surface area contributed by atoms with E-state index in [1.54, 1.807) is 18.7 Å². The third kappa shape index (κ3) is 3.81. The number of benzene rings is 1. The van der Waals surface area contributed by atoms with Gasteiger partial charge in [0, 0.05) is 19.2 Å². The van der Waals surface area contributed by atoms with Crippen LogP contribution in [0.2, 0.25) is 0 Å². The summed E-state index contributed by atoms with van der Waals surface area (Å²) in [4.78, 5) is 25.4. The van der Waals surface area contributed by atoms with Gasteiger partial charge in [-0.25, -0.2) is 13.1 Å². The van der Waals surface area contributed by atoms with Crippen molar-refractivity contribution in [3.05, 3.63) is 17.7 Å². The third-order valence-corrected chi connectivity index (χ3v) is 5.82. The second kappa shape index (κ2) is 7.22. The number of carbonyl (C=O) groups is 2. The van der Waals surface area contributed by atoms with E-state index in [1.165, 1.54) is 12.1 Å². The fraction of sp³-hybridized carbons (Fsp3) is 0.500. The molecule has 142 valence electrons. The monoisotopic (exact) mass is 383 g/mol. The minimum Gasteiger partial charge on any atom is -0.479 e. The molecule has 0 saturated carbocycles. The lowest BCUT2D eigenvalue weighted by Gasteiger charge is -2.27. The maximum absolute atomic E-state index is 12.6. The number of rotatable bonds is 4. The zero-order chi connectivity index (χ0) is 18.9. The molecule has 2 heterocycles. The van der Waals surface area contributed by atoms with Crippen LogP contribution in [-0.4, -0.2) is 64.1 Å². The second-order valence-corrected chi connectivity index (χ2v) is 7.92. The summed E-state index contributed by atoms with van der Waals surface area (Å²) >= 11 is 0. The third-order valence-electron chi connectivity index (χ3n) is 4.27. The lowest BCUT2D eigenvalue weighted by atomic mass is 10.1. The Balaban J connectivity index is 1.75. The van der Waals surface area contributed by atoms with Crippen LogP contribution < -0.4 is 14.8 Å². The maximum atomic E-state index is 12.6. The van der Waals surface area contributed by atoms with Crippen molar-refractivity contribution in [1.29, 1.82) is 0 Å². The van der Waals surface area contributed by atoms with Crippen LogP contribution >= 0.6 is 0 Å². The number of fused-ring (bicyclic) bond motifs is 1. The van der Waals surface area contributed by atoms with Crippen LogP contribution in [0.25, 0.3) is 0 Å². The van der Waals surface area contributed by atoms with Crippen molar-refractivity contribution in [3.63, 3.8) is 0 Å². The average Bonchev–Trinajstić information content (AvgIpc) is 2.61. The number of hydrogen-bond donors (Lipinski definition) is 2. The Morgan fingerprint density at radius 1 is 1.35 bits per heavy atom. The quantitative estimate of drug-likeness (QED) is 0.748. The molecule has 9 nitrogen and oxygen atoms in total. The van der Waals surface area contributed by atoms with E-state index in [0.717, 1.165) is 0 Å². The highest BCUT2D eigenvalue weighted by Crippen LogP contribution is 2.34. The van der Waals surface area contributed by atoms with Crippen LogP contribution in [0.1, 0.15) is 12.5 Å². The average molecular weight is 383 g/mol. The number of carbonyl (C=O) groups excluding carboxylic acids is 2. The molecule has 2 aliphatic heterocycles. The van der Waals surface area contributed by atoms with E-state index in [4.69, 9.17) is 9.47 Å². The molecule has 26 heavy (non-hydrogen) atoms. The van der Waals surface area contributed by atoms with Crippen LogP contribution in [0, 0.1) is 6.92 Å². The van der Waals surface area contributed by atoms with Gasteiger partial charge >= 0.3 is 0 Å². The number of aryl methyl sites for hydroxylation is 1. The Morgan fingerprint density at radius 2 is 2.04 bits per heavy atom. The number of morpholine rings is 1. The molecule has 0 radical (unpaired) electrons. The largest absolute Gasteiger partial charge is 0.479 e. The molecule has 3 rings (SSSR count). The summed E-state index contributed by atoms with van der Waals surface area (Å²) in [5.41, 5.74) is 0.863. The Morgan fingerprint density at radius 3 is 2.73 bits per heavy atom. The fourth-order valence-corrected chi connectivity index (χ4v) is 4.01. The number of anilines is 1. The van der Waals surface area contributed by atoms with Crippen LogP contribution in [-0.2, 0) is 24.3 Å².